The summed E-state index contributed by atoms with van der Waals surface area (Å²) >= 11 is 6.08. The van der Waals surface area contributed by atoms with E-state index in [0.29, 0.717) is 17.4 Å². The first-order valence-electron chi connectivity index (χ1n) is 6.29. The van der Waals surface area contributed by atoms with Crippen molar-refractivity contribution in [2.45, 2.75) is 19.9 Å². The Bertz CT molecular complexity index is 558. The fourth-order valence-corrected chi connectivity index (χ4v) is 2.02. The van der Waals surface area contributed by atoms with Crippen LogP contribution in [0.25, 0.3) is 0 Å². The molecule has 0 bridgehead atoms. The zero-order chi connectivity index (χ0) is 13.7. The number of nitrogens with zero attached hydrogens (tertiary/aromatic N) is 1. The highest BCUT2D eigenvalue weighted by Gasteiger charge is 2.07. The van der Waals surface area contributed by atoms with Gasteiger partial charge in [0.2, 0.25) is 5.88 Å². The largest absolute Gasteiger partial charge is 0.439 e. The Labute approximate surface area is 118 Å². The molecule has 1 aromatic heterocycles. The number of aromatic nitrogens is 1. The number of para-hydroxylation sites is 1. The van der Waals surface area contributed by atoms with Gasteiger partial charge in [-0.15, -0.1) is 0 Å². The minimum atomic E-state index is 0.565. The van der Waals surface area contributed by atoms with Crippen molar-refractivity contribution in [3.8, 4) is 11.6 Å². The SMILES string of the molecule is CCc1ccccc1Oc1cc(CNC)c(Cl)cn1. The molecule has 0 aliphatic heterocycles. The van der Waals surface area contributed by atoms with Gasteiger partial charge in [0.25, 0.3) is 0 Å². The van der Waals surface area contributed by atoms with Crippen LogP contribution in [0.5, 0.6) is 11.6 Å². The Hall–Kier alpha value is -1.58. The lowest BCUT2D eigenvalue weighted by molar-refractivity contribution is 0.456. The average molecular weight is 277 g/mol. The smallest absolute Gasteiger partial charge is 0.219 e. The third kappa shape index (κ3) is 3.46. The monoisotopic (exact) mass is 276 g/mol. The van der Waals surface area contributed by atoms with Gasteiger partial charge in [0.1, 0.15) is 5.75 Å². The fourth-order valence-electron chi connectivity index (χ4n) is 1.85. The zero-order valence-corrected chi connectivity index (χ0v) is 11.9. The van der Waals surface area contributed by atoms with Gasteiger partial charge in [0.15, 0.2) is 0 Å². The lowest BCUT2D eigenvalue weighted by atomic mass is 10.1. The van der Waals surface area contributed by atoms with Gasteiger partial charge in [0, 0.05) is 18.8 Å². The van der Waals surface area contributed by atoms with E-state index in [4.69, 9.17) is 16.3 Å². The van der Waals surface area contributed by atoms with Gasteiger partial charge >= 0.3 is 0 Å². The van der Waals surface area contributed by atoms with Gasteiger partial charge in [-0.1, -0.05) is 36.7 Å². The highest BCUT2D eigenvalue weighted by atomic mass is 35.5. The van der Waals surface area contributed by atoms with E-state index < -0.39 is 0 Å². The molecule has 100 valence electrons. The molecule has 0 unspecified atom stereocenters. The Morgan fingerprint density at radius 3 is 2.79 bits per heavy atom. The standard InChI is InChI=1S/C15H17ClN2O/c1-3-11-6-4-5-7-14(11)19-15-8-12(9-17-2)13(16)10-18-15/h4-8,10,17H,3,9H2,1-2H3. The Kier molecular flexibility index (Phi) is 4.77. The van der Waals surface area contributed by atoms with Gasteiger partial charge in [-0.25, -0.2) is 4.98 Å². The van der Waals surface area contributed by atoms with Gasteiger partial charge in [-0.2, -0.15) is 0 Å². The Balaban J connectivity index is 2.25. The summed E-state index contributed by atoms with van der Waals surface area (Å²) in [5.74, 6) is 1.41. The van der Waals surface area contributed by atoms with Crippen LogP contribution in [-0.2, 0) is 13.0 Å². The minimum absolute atomic E-state index is 0.565. The molecule has 0 saturated carbocycles. The van der Waals surface area contributed by atoms with Crippen molar-refractivity contribution in [2.24, 2.45) is 0 Å². The summed E-state index contributed by atoms with van der Waals surface area (Å²) in [4.78, 5) is 4.21. The third-order valence-corrected chi connectivity index (χ3v) is 3.19. The summed E-state index contributed by atoms with van der Waals surface area (Å²) in [6.07, 6.45) is 2.55. The van der Waals surface area contributed by atoms with E-state index in [9.17, 15) is 0 Å². The molecule has 2 aromatic rings. The summed E-state index contributed by atoms with van der Waals surface area (Å²) in [7, 11) is 1.88. The lowest BCUT2D eigenvalue weighted by Gasteiger charge is -2.10. The van der Waals surface area contributed by atoms with E-state index in [-0.39, 0.29) is 0 Å². The summed E-state index contributed by atoms with van der Waals surface area (Å²) < 4.78 is 5.84. The molecular weight excluding hydrogens is 260 g/mol. The molecular formula is C15H17ClN2O. The van der Waals surface area contributed by atoms with E-state index in [1.807, 2.05) is 31.3 Å². The summed E-state index contributed by atoms with van der Waals surface area (Å²) in [5, 5.41) is 3.71. The van der Waals surface area contributed by atoms with Crippen molar-refractivity contribution in [1.82, 2.24) is 10.3 Å². The first kappa shape index (κ1) is 13.8. The van der Waals surface area contributed by atoms with E-state index in [1.54, 1.807) is 6.20 Å². The van der Waals surface area contributed by atoms with E-state index in [2.05, 4.69) is 23.3 Å². The molecule has 0 aliphatic carbocycles. The second-order valence-electron chi connectivity index (χ2n) is 4.21. The summed E-state index contributed by atoms with van der Waals surface area (Å²) in [6, 6.07) is 9.84. The number of hydrogen-bond donors (Lipinski definition) is 1. The molecule has 4 heteroatoms. The number of pyridine rings is 1. The molecule has 0 aliphatic rings. The highest BCUT2D eigenvalue weighted by Crippen LogP contribution is 2.26. The first-order valence-corrected chi connectivity index (χ1v) is 6.67. The van der Waals surface area contributed by atoms with Crippen LogP contribution < -0.4 is 10.1 Å². The molecule has 1 aromatic carbocycles. The van der Waals surface area contributed by atoms with Crippen LogP contribution in [0.3, 0.4) is 0 Å². The van der Waals surface area contributed by atoms with Crippen LogP contribution in [0.2, 0.25) is 5.02 Å². The van der Waals surface area contributed by atoms with Gasteiger partial charge in [-0.3, -0.25) is 0 Å². The number of aryl methyl sites for hydroxylation is 1. The second kappa shape index (κ2) is 6.55. The molecule has 1 N–H and O–H groups in total. The average Bonchev–Trinajstić information content (AvgIpc) is 2.43. The summed E-state index contributed by atoms with van der Waals surface area (Å²) in [5.41, 5.74) is 2.14. The van der Waals surface area contributed by atoms with Crippen molar-refractivity contribution < 1.29 is 4.74 Å². The fraction of sp³-hybridized carbons (Fsp3) is 0.267. The van der Waals surface area contributed by atoms with Crippen LogP contribution >= 0.6 is 11.6 Å². The topological polar surface area (TPSA) is 34.1 Å². The minimum Gasteiger partial charge on any atom is -0.439 e. The lowest BCUT2D eigenvalue weighted by Crippen LogP contribution is -2.06. The number of ether oxygens (including phenoxy) is 1. The molecule has 0 amide bonds. The Morgan fingerprint density at radius 1 is 1.26 bits per heavy atom. The van der Waals surface area contributed by atoms with Gasteiger partial charge < -0.3 is 10.1 Å². The van der Waals surface area contributed by atoms with Crippen LogP contribution in [0.4, 0.5) is 0 Å². The van der Waals surface area contributed by atoms with Crippen molar-refractivity contribution in [3.05, 3.63) is 52.7 Å². The predicted octanol–water partition coefficient (Wildman–Crippen LogP) is 3.81. The Morgan fingerprint density at radius 2 is 2.05 bits per heavy atom. The number of nitrogens with one attached hydrogen (secondary N) is 1. The summed E-state index contributed by atoms with van der Waals surface area (Å²) in [6.45, 7) is 2.79. The third-order valence-electron chi connectivity index (χ3n) is 2.84. The molecule has 0 saturated heterocycles. The maximum Gasteiger partial charge on any atom is 0.219 e. The van der Waals surface area contributed by atoms with Crippen LogP contribution in [0, 0.1) is 0 Å². The quantitative estimate of drug-likeness (QED) is 0.902. The van der Waals surface area contributed by atoms with Crippen molar-refractivity contribution in [3.63, 3.8) is 0 Å². The van der Waals surface area contributed by atoms with E-state index >= 15 is 0 Å². The van der Waals surface area contributed by atoms with Crippen molar-refractivity contribution in [2.75, 3.05) is 7.05 Å². The van der Waals surface area contributed by atoms with Crippen LogP contribution in [-0.4, -0.2) is 12.0 Å². The first-order chi connectivity index (χ1) is 9.24. The van der Waals surface area contributed by atoms with Crippen molar-refractivity contribution in [1.29, 1.82) is 0 Å². The molecule has 0 fully saturated rings. The molecule has 0 spiro atoms. The number of halogens is 1. The molecule has 1 heterocycles. The number of benzene rings is 1. The number of rotatable bonds is 5. The van der Waals surface area contributed by atoms with Gasteiger partial charge in [0.05, 0.1) is 5.02 Å². The maximum atomic E-state index is 6.08. The molecule has 2 rings (SSSR count). The molecule has 0 atom stereocenters. The normalized spacial score (nSPS) is 10.5. The van der Waals surface area contributed by atoms with Gasteiger partial charge in [-0.05, 0) is 30.7 Å². The van der Waals surface area contributed by atoms with Crippen LogP contribution in [0.1, 0.15) is 18.1 Å². The van der Waals surface area contributed by atoms with Crippen molar-refractivity contribution >= 4 is 11.6 Å². The predicted molar refractivity (Wildman–Crippen MR) is 77.9 cm³/mol. The maximum absolute atomic E-state index is 6.08. The second-order valence-corrected chi connectivity index (χ2v) is 4.61. The highest BCUT2D eigenvalue weighted by molar-refractivity contribution is 6.31. The zero-order valence-electron chi connectivity index (χ0n) is 11.1. The molecule has 3 nitrogen and oxygen atoms in total. The van der Waals surface area contributed by atoms with E-state index in [1.165, 1.54) is 0 Å². The molecule has 19 heavy (non-hydrogen) atoms. The van der Waals surface area contributed by atoms with Crippen LogP contribution in [0.15, 0.2) is 36.5 Å². The van der Waals surface area contributed by atoms with E-state index in [0.717, 1.165) is 23.3 Å². The molecule has 0 radical (unpaired) electrons. The number of hydrogen-bond acceptors (Lipinski definition) is 3.